The maximum absolute atomic E-state index is 12.6. The lowest BCUT2D eigenvalue weighted by atomic mass is 10.1. The lowest BCUT2D eigenvalue weighted by molar-refractivity contribution is 0.102. The molecule has 3 aromatic carbocycles. The molecule has 0 atom stereocenters. The third-order valence-electron chi connectivity index (χ3n) is 4.96. The number of fused-ring (bicyclic) bond motifs is 1. The van der Waals surface area contributed by atoms with Crippen LogP contribution in [0.15, 0.2) is 65.1 Å². The number of carbonyl (C=O) groups excluding carboxylic acids is 1. The van der Waals surface area contributed by atoms with Gasteiger partial charge in [-0.1, -0.05) is 34.1 Å². The third-order valence-corrected chi connectivity index (χ3v) is 5.49. The monoisotopic (exact) mass is 448 g/mol. The standard InChI is InChI=1S/C23H21BrN4O/c1-14-5-4-6-15(2)21(14)27-23-26-19-13-16(7-12-20(19)28(23)3)22(29)25-18-10-8-17(24)9-11-18/h4-13H,1-3H3,(H,25,29)(H,26,27). The number of para-hydroxylation sites is 1. The molecule has 0 fully saturated rings. The van der Waals surface area contributed by atoms with E-state index in [9.17, 15) is 4.79 Å². The van der Waals surface area contributed by atoms with E-state index in [2.05, 4.69) is 52.5 Å². The smallest absolute Gasteiger partial charge is 0.255 e. The number of aromatic nitrogens is 2. The molecule has 1 aromatic heterocycles. The summed E-state index contributed by atoms with van der Waals surface area (Å²) in [6.07, 6.45) is 0. The number of halogens is 1. The lowest BCUT2D eigenvalue weighted by Gasteiger charge is -2.12. The SMILES string of the molecule is Cc1cccc(C)c1Nc1nc2cc(C(=O)Nc3ccc(Br)cc3)ccc2n1C. The first-order chi connectivity index (χ1) is 13.9. The van der Waals surface area contributed by atoms with Crippen molar-refractivity contribution in [2.24, 2.45) is 7.05 Å². The molecule has 0 bridgehead atoms. The number of aryl methyl sites for hydroxylation is 3. The second-order valence-electron chi connectivity index (χ2n) is 7.05. The Hall–Kier alpha value is -3.12. The summed E-state index contributed by atoms with van der Waals surface area (Å²) in [5.74, 6) is 0.576. The molecule has 0 unspecified atom stereocenters. The molecule has 0 aliphatic carbocycles. The Balaban J connectivity index is 1.63. The zero-order chi connectivity index (χ0) is 20.5. The summed E-state index contributed by atoms with van der Waals surface area (Å²) in [4.78, 5) is 17.4. The van der Waals surface area contributed by atoms with E-state index in [4.69, 9.17) is 4.98 Å². The van der Waals surface area contributed by atoms with Gasteiger partial charge in [0, 0.05) is 28.5 Å². The minimum absolute atomic E-state index is 0.163. The van der Waals surface area contributed by atoms with Crippen LogP contribution in [-0.4, -0.2) is 15.5 Å². The Kier molecular flexibility index (Phi) is 5.11. The molecule has 6 heteroatoms. The Bertz CT molecular complexity index is 1190. The van der Waals surface area contributed by atoms with E-state index >= 15 is 0 Å². The van der Waals surface area contributed by atoms with Gasteiger partial charge in [-0.15, -0.1) is 0 Å². The molecule has 0 aliphatic rings. The number of imidazole rings is 1. The maximum Gasteiger partial charge on any atom is 0.255 e. The number of hydrogen-bond donors (Lipinski definition) is 2. The fraction of sp³-hybridized carbons (Fsp3) is 0.130. The van der Waals surface area contributed by atoms with Gasteiger partial charge in [-0.2, -0.15) is 0 Å². The second kappa shape index (κ2) is 7.72. The van der Waals surface area contributed by atoms with E-state index in [1.165, 1.54) is 0 Å². The highest BCUT2D eigenvalue weighted by Gasteiger charge is 2.13. The Morgan fingerprint density at radius 1 is 1.00 bits per heavy atom. The van der Waals surface area contributed by atoms with Crippen molar-refractivity contribution in [2.75, 3.05) is 10.6 Å². The Morgan fingerprint density at radius 3 is 2.38 bits per heavy atom. The van der Waals surface area contributed by atoms with Crippen LogP contribution >= 0.6 is 15.9 Å². The normalized spacial score (nSPS) is 10.9. The molecular weight excluding hydrogens is 428 g/mol. The van der Waals surface area contributed by atoms with Crippen molar-refractivity contribution in [3.8, 4) is 0 Å². The molecule has 0 saturated heterocycles. The summed E-state index contributed by atoms with van der Waals surface area (Å²) in [6.45, 7) is 4.14. The molecule has 0 radical (unpaired) electrons. The zero-order valence-corrected chi connectivity index (χ0v) is 18.0. The van der Waals surface area contributed by atoms with Gasteiger partial charge in [0.15, 0.2) is 0 Å². The van der Waals surface area contributed by atoms with Gasteiger partial charge in [-0.25, -0.2) is 4.98 Å². The highest BCUT2D eigenvalue weighted by atomic mass is 79.9. The zero-order valence-electron chi connectivity index (χ0n) is 16.5. The van der Waals surface area contributed by atoms with Gasteiger partial charge >= 0.3 is 0 Å². The van der Waals surface area contributed by atoms with Gasteiger partial charge in [0.2, 0.25) is 5.95 Å². The molecular formula is C23H21BrN4O. The predicted molar refractivity (Wildman–Crippen MR) is 122 cm³/mol. The van der Waals surface area contributed by atoms with Crippen molar-refractivity contribution in [3.63, 3.8) is 0 Å². The van der Waals surface area contributed by atoms with Crippen molar-refractivity contribution in [3.05, 3.63) is 81.8 Å². The van der Waals surface area contributed by atoms with Crippen molar-refractivity contribution in [1.29, 1.82) is 0 Å². The van der Waals surface area contributed by atoms with Crippen LogP contribution in [0.25, 0.3) is 11.0 Å². The van der Waals surface area contributed by atoms with Crippen LogP contribution in [0.4, 0.5) is 17.3 Å². The number of benzene rings is 3. The molecule has 1 heterocycles. The van der Waals surface area contributed by atoms with Crippen LogP contribution in [0.2, 0.25) is 0 Å². The van der Waals surface area contributed by atoms with Crippen molar-refractivity contribution in [2.45, 2.75) is 13.8 Å². The van der Waals surface area contributed by atoms with Crippen LogP contribution in [0.5, 0.6) is 0 Å². The number of anilines is 3. The first-order valence-corrected chi connectivity index (χ1v) is 10.1. The summed E-state index contributed by atoms with van der Waals surface area (Å²) >= 11 is 3.40. The number of rotatable bonds is 4. The van der Waals surface area contributed by atoms with Crippen LogP contribution in [-0.2, 0) is 7.05 Å². The van der Waals surface area contributed by atoms with Crippen molar-refractivity contribution < 1.29 is 4.79 Å². The van der Waals surface area contributed by atoms with E-state index in [1.807, 2.05) is 60.1 Å². The van der Waals surface area contributed by atoms with Crippen molar-refractivity contribution >= 4 is 50.2 Å². The van der Waals surface area contributed by atoms with Crippen LogP contribution in [0, 0.1) is 13.8 Å². The predicted octanol–water partition coefficient (Wildman–Crippen LogP) is 5.95. The summed E-state index contributed by atoms with van der Waals surface area (Å²) < 4.78 is 2.96. The summed E-state index contributed by atoms with van der Waals surface area (Å²) in [5, 5.41) is 6.36. The number of nitrogens with one attached hydrogen (secondary N) is 2. The summed E-state index contributed by atoms with van der Waals surface area (Å²) in [5.41, 5.74) is 6.41. The van der Waals surface area contributed by atoms with Crippen molar-refractivity contribution in [1.82, 2.24) is 9.55 Å². The molecule has 2 N–H and O–H groups in total. The fourth-order valence-corrected chi connectivity index (χ4v) is 3.58. The number of hydrogen-bond acceptors (Lipinski definition) is 3. The molecule has 0 saturated carbocycles. The van der Waals surface area contributed by atoms with Crippen LogP contribution < -0.4 is 10.6 Å². The second-order valence-corrected chi connectivity index (χ2v) is 7.97. The first-order valence-electron chi connectivity index (χ1n) is 9.29. The molecule has 0 aliphatic heterocycles. The average Bonchev–Trinajstić information content (AvgIpc) is 3.01. The third kappa shape index (κ3) is 3.89. The Morgan fingerprint density at radius 2 is 1.69 bits per heavy atom. The minimum atomic E-state index is -0.163. The van der Waals surface area contributed by atoms with Gasteiger partial charge in [-0.3, -0.25) is 4.79 Å². The molecule has 5 nitrogen and oxygen atoms in total. The topological polar surface area (TPSA) is 59.0 Å². The van der Waals surface area contributed by atoms with E-state index in [0.717, 1.165) is 44.0 Å². The molecule has 1 amide bonds. The largest absolute Gasteiger partial charge is 0.325 e. The summed E-state index contributed by atoms with van der Waals surface area (Å²) in [7, 11) is 1.97. The molecule has 4 aromatic rings. The van der Waals surface area contributed by atoms with Gasteiger partial charge in [-0.05, 0) is 67.4 Å². The highest BCUT2D eigenvalue weighted by molar-refractivity contribution is 9.10. The van der Waals surface area contributed by atoms with E-state index < -0.39 is 0 Å². The van der Waals surface area contributed by atoms with Gasteiger partial charge in [0.05, 0.1) is 11.0 Å². The number of carbonyl (C=O) groups is 1. The number of nitrogens with zero attached hydrogens (tertiary/aromatic N) is 2. The fourth-order valence-electron chi connectivity index (χ4n) is 3.31. The number of amides is 1. The molecule has 146 valence electrons. The molecule has 4 rings (SSSR count). The first kappa shape index (κ1) is 19.2. The maximum atomic E-state index is 12.6. The van der Waals surface area contributed by atoms with Gasteiger partial charge in [0.25, 0.3) is 5.91 Å². The van der Waals surface area contributed by atoms with E-state index in [0.29, 0.717) is 5.56 Å². The molecule has 29 heavy (non-hydrogen) atoms. The average molecular weight is 449 g/mol. The van der Waals surface area contributed by atoms with E-state index in [-0.39, 0.29) is 5.91 Å². The van der Waals surface area contributed by atoms with Crippen LogP contribution in [0.3, 0.4) is 0 Å². The van der Waals surface area contributed by atoms with Crippen LogP contribution in [0.1, 0.15) is 21.5 Å². The lowest BCUT2D eigenvalue weighted by Crippen LogP contribution is -2.11. The Labute approximate surface area is 177 Å². The molecule has 0 spiro atoms. The van der Waals surface area contributed by atoms with Gasteiger partial charge < -0.3 is 15.2 Å². The van der Waals surface area contributed by atoms with E-state index in [1.54, 1.807) is 0 Å². The summed E-state index contributed by atoms with van der Waals surface area (Å²) in [6, 6.07) is 19.2. The highest BCUT2D eigenvalue weighted by Crippen LogP contribution is 2.27. The quantitative estimate of drug-likeness (QED) is 0.405. The van der Waals surface area contributed by atoms with Gasteiger partial charge in [0.1, 0.15) is 0 Å². The minimum Gasteiger partial charge on any atom is -0.325 e.